The van der Waals surface area contributed by atoms with Gasteiger partial charge in [0, 0.05) is 52.2 Å². The first kappa shape index (κ1) is 21.3. The van der Waals surface area contributed by atoms with Crippen molar-refractivity contribution < 1.29 is 18.7 Å². The van der Waals surface area contributed by atoms with Crippen LogP contribution in [0.25, 0.3) is 0 Å². The summed E-state index contributed by atoms with van der Waals surface area (Å²) in [5.41, 5.74) is 0.0305. The van der Waals surface area contributed by atoms with Crippen molar-refractivity contribution in [3.05, 3.63) is 18.4 Å². The number of aromatic nitrogens is 1. The zero-order valence-corrected chi connectivity index (χ0v) is 18.2. The lowest BCUT2D eigenvalue weighted by Crippen LogP contribution is -2.47. The Bertz CT molecular complexity index is 722. The molecule has 4 heterocycles. The molecule has 30 heavy (non-hydrogen) atoms. The smallest absolute Gasteiger partial charge is 0.248 e. The van der Waals surface area contributed by atoms with Crippen LogP contribution in [-0.4, -0.2) is 91.0 Å². The maximum absolute atomic E-state index is 12.5. The number of methoxy groups -OCH3 is 1. The van der Waals surface area contributed by atoms with Gasteiger partial charge in [0.1, 0.15) is 12.9 Å². The van der Waals surface area contributed by atoms with Gasteiger partial charge < -0.3 is 23.9 Å². The van der Waals surface area contributed by atoms with Gasteiger partial charge in [-0.3, -0.25) is 9.59 Å². The minimum absolute atomic E-state index is 0.0305. The second-order valence-corrected chi connectivity index (χ2v) is 9.24. The minimum atomic E-state index is 0.0305. The van der Waals surface area contributed by atoms with Crippen LogP contribution in [0.5, 0.6) is 0 Å². The van der Waals surface area contributed by atoms with Gasteiger partial charge in [0.2, 0.25) is 11.8 Å². The number of carbonyl (C=O) groups is 2. The Hall–Kier alpha value is -1.93. The van der Waals surface area contributed by atoms with Crippen molar-refractivity contribution >= 4 is 11.8 Å². The summed E-state index contributed by atoms with van der Waals surface area (Å²) in [5, 5.41) is 0. The molecule has 3 fully saturated rings. The average Bonchev–Trinajstić information content (AvgIpc) is 3.39. The van der Waals surface area contributed by atoms with Gasteiger partial charge in [0.05, 0.1) is 12.1 Å². The molecule has 2 amide bonds. The van der Waals surface area contributed by atoms with E-state index in [0.717, 1.165) is 70.8 Å². The van der Waals surface area contributed by atoms with Crippen LogP contribution in [0.4, 0.5) is 0 Å². The number of piperidine rings is 2. The quantitative estimate of drug-likeness (QED) is 0.723. The Morgan fingerprint density at radius 1 is 1.20 bits per heavy atom. The highest BCUT2D eigenvalue weighted by molar-refractivity contribution is 5.78. The first-order chi connectivity index (χ1) is 14.5. The van der Waals surface area contributed by atoms with Crippen LogP contribution >= 0.6 is 0 Å². The lowest BCUT2D eigenvalue weighted by atomic mass is 9.70. The van der Waals surface area contributed by atoms with Crippen LogP contribution in [0, 0.1) is 11.3 Å². The molecule has 1 spiro atoms. The summed E-state index contributed by atoms with van der Waals surface area (Å²) in [4.78, 5) is 35.0. The van der Waals surface area contributed by atoms with Crippen LogP contribution in [0.1, 0.15) is 44.4 Å². The van der Waals surface area contributed by atoms with Crippen LogP contribution in [0.3, 0.4) is 0 Å². The lowest BCUT2D eigenvalue weighted by Gasteiger charge is -2.43. The van der Waals surface area contributed by atoms with Gasteiger partial charge >= 0.3 is 0 Å². The Kier molecular flexibility index (Phi) is 6.43. The lowest BCUT2D eigenvalue weighted by molar-refractivity contribution is -0.134. The fraction of sp³-hybridized carbons (Fsp3) is 0.773. The van der Waals surface area contributed by atoms with Gasteiger partial charge in [-0.05, 0) is 44.7 Å². The highest BCUT2D eigenvalue weighted by Gasteiger charge is 2.51. The maximum Gasteiger partial charge on any atom is 0.248 e. The molecule has 0 aromatic carbocycles. The number of oxazole rings is 1. The van der Waals surface area contributed by atoms with E-state index >= 15 is 0 Å². The zero-order valence-electron chi connectivity index (χ0n) is 18.2. The summed E-state index contributed by atoms with van der Waals surface area (Å²) in [6, 6.07) is 0. The van der Waals surface area contributed by atoms with Crippen molar-refractivity contribution in [2.24, 2.45) is 11.3 Å². The zero-order chi connectivity index (χ0) is 21.1. The van der Waals surface area contributed by atoms with E-state index in [0.29, 0.717) is 12.5 Å². The molecule has 3 aliphatic rings. The average molecular weight is 419 g/mol. The van der Waals surface area contributed by atoms with Gasteiger partial charge in [0.25, 0.3) is 0 Å². The molecule has 0 N–H and O–H groups in total. The van der Waals surface area contributed by atoms with Crippen LogP contribution in [0.2, 0.25) is 0 Å². The minimum Gasteiger partial charge on any atom is -0.449 e. The molecule has 3 aliphatic heterocycles. The fourth-order valence-corrected chi connectivity index (χ4v) is 5.60. The second kappa shape index (κ2) is 9.06. The molecular weight excluding hydrogens is 384 g/mol. The molecule has 0 aliphatic carbocycles. The Morgan fingerprint density at radius 3 is 2.53 bits per heavy atom. The monoisotopic (exact) mass is 418 g/mol. The van der Waals surface area contributed by atoms with Gasteiger partial charge in [-0.25, -0.2) is 4.98 Å². The van der Waals surface area contributed by atoms with Gasteiger partial charge in [0.15, 0.2) is 5.89 Å². The highest BCUT2D eigenvalue weighted by atomic mass is 16.5. The Morgan fingerprint density at radius 2 is 1.93 bits per heavy atom. The first-order valence-corrected chi connectivity index (χ1v) is 11.1. The van der Waals surface area contributed by atoms with Crippen molar-refractivity contribution in [2.45, 2.75) is 38.5 Å². The number of likely N-dealkylation sites (tertiary alicyclic amines) is 3. The fourth-order valence-electron chi connectivity index (χ4n) is 5.60. The van der Waals surface area contributed by atoms with E-state index in [4.69, 9.17) is 9.15 Å². The number of nitrogens with zero attached hydrogens (tertiary/aromatic N) is 4. The normalized spacial score (nSPS) is 25.2. The third kappa shape index (κ3) is 4.39. The number of hydrogen-bond acceptors (Lipinski definition) is 6. The number of carbonyl (C=O) groups excluding carboxylic acids is 2. The first-order valence-electron chi connectivity index (χ1n) is 11.1. The van der Waals surface area contributed by atoms with E-state index in [9.17, 15) is 9.59 Å². The van der Waals surface area contributed by atoms with Crippen LogP contribution < -0.4 is 0 Å². The number of ether oxygens (including phenoxy) is 1. The summed E-state index contributed by atoms with van der Waals surface area (Å²) >= 11 is 0. The summed E-state index contributed by atoms with van der Waals surface area (Å²) in [6.07, 6.45) is 7.61. The molecule has 0 saturated carbocycles. The van der Waals surface area contributed by atoms with E-state index in [-0.39, 0.29) is 29.8 Å². The molecule has 8 heteroatoms. The standard InChI is InChI=1S/C22H34N4O4/c1-17(27)25-8-3-18(4-9-25)13-24-10-5-22(6-11-24)16-26(20(28)15-29-2)14-19(22)21-23-7-12-30-21/h7,12,18-19H,3-6,8-11,13-16H2,1-2H3. The Labute approximate surface area is 178 Å². The largest absolute Gasteiger partial charge is 0.449 e. The van der Waals surface area contributed by atoms with E-state index < -0.39 is 0 Å². The van der Waals surface area contributed by atoms with Crippen molar-refractivity contribution in [3.8, 4) is 0 Å². The van der Waals surface area contributed by atoms with E-state index in [1.165, 1.54) is 0 Å². The summed E-state index contributed by atoms with van der Waals surface area (Å²) in [5.74, 6) is 1.81. The maximum atomic E-state index is 12.5. The molecule has 0 radical (unpaired) electrons. The molecule has 166 valence electrons. The van der Waals surface area contributed by atoms with E-state index in [1.807, 2.05) is 9.80 Å². The molecule has 0 bridgehead atoms. The van der Waals surface area contributed by atoms with Gasteiger partial charge in [-0.15, -0.1) is 0 Å². The number of hydrogen-bond donors (Lipinski definition) is 0. The molecule has 4 rings (SSSR count). The topological polar surface area (TPSA) is 79.1 Å². The van der Waals surface area contributed by atoms with Crippen molar-refractivity contribution in [1.82, 2.24) is 19.7 Å². The SMILES string of the molecule is COCC(=O)N1CC(c2ncco2)C2(CCN(CC3CCN(C(C)=O)CC3)CC2)C1. The molecule has 1 aromatic rings. The molecular formula is C22H34N4O4. The van der Waals surface area contributed by atoms with Crippen LogP contribution in [0.15, 0.2) is 16.9 Å². The third-order valence-electron chi connectivity index (χ3n) is 7.45. The highest BCUT2D eigenvalue weighted by Crippen LogP contribution is 2.49. The predicted molar refractivity (Wildman–Crippen MR) is 111 cm³/mol. The van der Waals surface area contributed by atoms with Gasteiger partial charge in [-0.2, -0.15) is 0 Å². The molecule has 1 aromatic heterocycles. The summed E-state index contributed by atoms with van der Waals surface area (Å²) in [7, 11) is 1.56. The summed E-state index contributed by atoms with van der Waals surface area (Å²) in [6.45, 7) is 8.17. The third-order valence-corrected chi connectivity index (χ3v) is 7.45. The van der Waals surface area contributed by atoms with Crippen LogP contribution in [-0.2, 0) is 14.3 Å². The number of rotatable bonds is 5. The van der Waals surface area contributed by atoms with Crippen molar-refractivity contribution in [2.75, 3.05) is 59.5 Å². The summed E-state index contributed by atoms with van der Waals surface area (Å²) < 4.78 is 10.8. The molecule has 3 saturated heterocycles. The predicted octanol–water partition coefficient (Wildman–Crippen LogP) is 1.59. The molecule has 1 atom stereocenters. The molecule has 1 unspecified atom stereocenters. The van der Waals surface area contributed by atoms with E-state index in [2.05, 4.69) is 9.88 Å². The number of amides is 2. The Balaban J connectivity index is 1.36. The van der Waals surface area contributed by atoms with Gasteiger partial charge in [-0.1, -0.05) is 0 Å². The second-order valence-electron chi connectivity index (χ2n) is 9.24. The van der Waals surface area contributed by atoms with Crippen molar-refractivity contribution in [1.29, 1.82) is 0 Å². The van der Waals surface area contributed by atoms with Crippen molar-refractivity contribution in [3.63, 3.8) is 0 Å². The molecule has 8 nitrogen and oxygen atoms in total. The van der Waals surface area contributed by atoms with E-state index in [1.54, 1.807) is 26.5 Å².